The molecule has 0 saturated heterocycles. The van der Waals surface area contributed by atoms with Gasteiger partial charge in [-0.15, -0.1) is 0 Å². The van der Waals surface area contributed by atoms with Crippen LogP contribution in [0.1, 0.15) is 19.8 Å². The van der Waals surface area contributed by atoms with Crippen molar-refractivity contribution >= 4 is 17.3 Å². The number of ether oxygens (including phenoxy) is 1. The van der Waals surface area contributed by atoms with Crippen molar-refractivity contribution in [2.24, 2.45) is 5.73 Å². The molecule has 3 N–H and O–H groups in total. The maximum absolute atomic E-state index is 11.9. The predicted octanol–water partition coefficient (Wildman–Crippen LogP) is 1.22. The van der Waals surface area contributed by atoms with E-state index >= 15 is 0 Å². The number of hydrogen-bond acceptors (Lipinski definition) is 5. The maximum Gasteiger partial charge on any atom is 0.239 e. The summed E-state index contributed by atoms with van der Waals surface area (Å²) in [5, 5.41) is 2.84. The molecule has 0 bridgehead atoms. The van der Waals surface area contributed by atoms with Gasteiger partial charge in [0, 0.05) is 32.8 Å². The van der Waals surface area contributed by atoms with Gasteiger partial charge in [0.25, 0.3) is 0 Å². The summed E-state index contributed by atoms with van der Waals surface area (Å²) in [6.45, 7) is 1.88. The van der Waals surface area contributed by atoms with Crippen molar-refractivity contribution in [3.63, 3.8) is 0 Å². The average Bonchev–Trinajstić information content (AvgIpc) is 2.36. The molecule has 0 fully saturated rings. The Balaban J connectivity index is 2.88. The van der Waals surface area contributed by atoms with Crippen molar-refractivity contribution < 1.29 is 9.53 Å². The summed E-state index contributed by atoms with van der Waals surface area (Å²) < 4.78 is 5.19. The molecule has 0 saturated carbocycles. The highest BCUT2D eigenvalue weighted by Crippen LogP contribution is 2.32. The van der Waals surface area contributed by atoms with Crippen molar-refractivity contribution in [2.75, 3.05) is 31.4 Å². The summed E-state index contributed by atoms with van der Waals surface area (Å²) in [5.41, 5.74) is 7.08. The van der Waals surface area contributed by atoms with E-state index in [4.69, 9.17) is 10.5 Å². The fourth-order valence-corrected chi connectivity index (χ4v) is 1.64. The van der Waals surface area contributed by atoms with Gasteiger partial charge in [-0.3, -0.25) is 4.79 Å². The van der Waals surface area contributed by atoms with Crippen molar-refractivity contribution in [2.45, 2.75) is 25.8 Å². The Hall–Kier alpha value is -1.82. The molecule has 1 atom stereocenters. The molecule has 1 aromatic rings. The highest BCUT2D eigenvalue weighted by molar-refractivity contribution is 5.96. The number of anilines is 2. The number of rotatable bonds is 6. The van der Waals surface area contributed by atoms with Crippen LogP contribution in [0.4, 0.5) is 11.4 Å². The van der Waals surface area contributed by atoms with Crippen LogP contribution in [0.15, 0.2) is 12.3 Å². The number of methoxy groups -OCH3 is 1. The molecular formula is C13H22N4O2. The second-order valence-electron chi connectivity index (χ2n) is 4.67. The standard InChI is InChI=1S/C13H22N4O2/c1-9(14)5-6-11(18)16-12-10(17(2)3)7-8-15-13(12)19-4/h7-9H,5-6,14H2,1-4H3,(H,16,18). The zero-order valence-electron chi connectivity index (χ0n) is 11.9. The van der Waals surface area contributed by atoms with E-state index in [1.165, 1.54) is 7.11 Å². The van der Waals surface area contributed by atoms with Crippen LogP contribution >= 0.6 is 0 Å². The normalized spacial score (nSPS) is 11.8. The SMILES string of the molecule is COc1nccc(N(C)C)c1NC(=O)CCC(C)N. The quantitative estimate of drug-likeness (QED) is 0.809. The smallest absolute Gasteiger partial charge is 0.239 e. The molecule has 1 unspecified atom stereocenters. The van der Waals surface area contributed by atoms with Crippen LogP contribution in [-0.2, 0) is 4.79 Å². The van der Waals surface area contributed by atoms with E-state index in [-0.39, 0.29) is 11.9 Å². The Bertz CT molecular complexity index is 433. The number of nitrogens with one attached hydrogen (secondary N) is 1. The third-order valence-corrected chi connectivity index (χ3v) is 2.66. The van der Waals surface area contributed by atoms with Crippen LogP contribution in [0.3, 0.4) is 0 Å². The first-order valence-electron chi connectivity index (χ1n) is 6.21. The molecule has 1 heterocycles. The molecule has 0 aliphatic carbocycles. The monoisotopic (exact) mass is 266 g/mol. The summed E-state index contributed by atoms with van der Waals surface area (Å²) >= 11 is 0. The van der Waals surface area contributed by atoms with Gasteiger partial charge < -0.3 is 20.7 Å². The molecule has 6 heteroatoms. The van der Waals surface area contributed by atoms with Gasteiger partial charge >= 0.3 is 0 Å². The molecule has 0 aliphatic heterocycles. The number of nitrogens with two attached hydrogens (primary N) is 1. The lowest BCUT2D eigenvalue weighted by Gasteiger charge is -2.19. The molecule has 0 spiro atoms. The summed E-state index contributed by atoms with van der Waals surface area (Å²) in [7, 11) is 5.32. The first-order chi connectivity index (χ1) is 8.95. The van der Waals surface area contributed by atoms with E-state index in [0.717, 1.165) is 5.69 Å². The maximum atomic E-state index is 11.9. The first-order valence-corrected chi connectivity index (χ1v) is 6.21. The van der Waals surface area contributed by atoms with Crippen LogP contribution in [0, 0.1) is 0 Å². The Morgan fingerprint density at radius 2 is 2.26 bits per heavy atom. The Morgan fingerprint density at radius 3 is 2.79 bits per heavy atom. The van der Waals surface area contributed by atoms with Crippen LogP contribution in [0.5, 0.6) is 5.88 Å². The lowest BCUT2D eigenvalue weighted by molar-refractivity contribution is -0.116. The van der Waals surface area contributed by atoms with E-state index in [1.54, 1.807) is 6.20 Å². The predicted molar refractivity (Wildman–Crippen MR) is 76.6 cm³/mol. The Labute approximate surface area is 113 Å². The van der Waals surface area contributed by atoms with Crippen LogP contribution in [0.2, 0.25) is 0 Å². The molecule has 1 aromatic heterocycles. The molecule has 6 nitrogen and oxygen atoms in total. The number of nitrogens with zero attached hydrogens (tertiary/aromatic N) is 2. The van der Waals surface area contributed by atoms with E-state index < -0.39 is 0 Å². The number of aromatic nitrogens is 1. The summed E-state index contributed by atoms with van der Waals surface area (Å²) in [6, 6.07) is 1.83. The van der Waals surface area contributed by atoms with Gasteiger partial charge in [-0.1, -0.05) is 0 Å². The number of pyridine rings is 1. The fourth-order valence-electron chi connectivity index (χ4n) is 1.64. The molecule has 0 radical (unpaired) electrons. The van der Waals surface area contributed by atoms with Gasteiger partial charge in [-0.25, -0.2) is 4.98 Å². The molecule has 0 aromatic carbocycles. The largest absolute Gasteiger partial charge is 0.479 e. The highest BCUT2D eigenvalue weighted by Gasteiger charge is 2.15. The van der Waals surface area contributed by atoms with Gasteiger partial charge in [0.1, 0.15) is 5.69 Å². The van der Waals surface area contributed by atoms with Gasteiger partial charge in [0.15, 0.2) is 0 Å². The van der Waals surface area contributed by atoms with Gasteiger partial charge in [-0.2, -0.15) is 0 Å². The highest BCUT2D eigenvalue weighted by atomic mass is 16.5. The minimum atomic E-state index is -0.0910. The average molecular weight is 266 g/mol. The number of hydrogen-bond donors (Lipinski definition) is 2. The third kappa shape index (κ3) is 4.40. The van der Waals surface area contributed by atoms with Crippen LogP contribution < -0.4 is 20.7 Å². The summed E-state index contributed by atoms with van der Waals surface area (Å²) in [4.78, 5) is 17.9. The van der Waals surface area contributed by atoms with E-state index in [0.29, 0.717) is 24.4 Å². The second-order valence-corrected chi connectivity index (χ2v) is 4.67. The molecule has 106 valence electrons. The molecule has 19 heavy (non-hydrogen) atoms. The minimum absolute atomic E-state index is 0.00913. The number of carbonyl (C=O) groups is 1. The molecular weight excluding hydrogens is 244 g/mol. The Morgan fingerprint density at radius 1 is 1.58 bits per heavy atom. The van der Waals surface area contributed by atoms with Gasteiger partial charge in [0.05, 0.1) is 12.8 Å². The molecule has 1 amide bonds. The zero-order valence-corrected chi connectivity index (χ0v) is 11.9. The molecule has 1 rings (SSSR count). The number of carbonyl (C=O) groups excluding carboxylic acids is 1. The first kappa shape index (κ1) is 15.2. The number of amides is 1. The van der Waals surface area contributed by atoms with Crippen molar-refractivity contribution in [1.29, 1.82) is 0 Å². The topological polar surface area (TPSA) is 80.5 Å². The van der Waals surface area contributed by atoms with E-state index in [2.05, 4.69) is 10.3 Å². The Kier molecular flexibility index (Phi) is 5.57. The molecule has 0 aliphatic rings. The van der Waals surface area contributed by atoms with Crippen molar-refractivity contribution in [3.8, 4) is 5.88 Å². The lowest BCUT2D eigenvalue weighted by atomic mass is 10.2. The van der Waals surface area contributed by atoms with Gasteiger partial charge in [-0.05, 0) is 19.4 Å². The van der Waals surface area contributed by atoms with Crippen LogP contribution in [-0.4, -0.2) is 38.1 Å². The van der Waals surface area contributed by atoms with Crippen LogP contribution in [0.25, 0.3) is 0 Å². The lowest BCUT2D eigenvalue weighted by Crippen LogP contribution is -2.21. The van der Waals surface area contributed by atoms with E-state index in [1.807, 2.05) is 32.0 Å². The second kappa shape index (κ2) is 6.94. The summed E-state index contributed by atoms with van der Waals surface area (Å²) in [5.74, 6) is 0.312. The third-order valence-electron chi connectivity index (χ3n) is 2.66. The zero-order chi connectivity index (χ0) is 14.4. The van der Waals surface area contributed by atoms with Crippen molar-refractivity contribution in [3.05, 3.63) is 12.3 Å². The van der Waals surface area contributed by atoms with Gasteiger partial charge in [0.2, 0.25) is 11.8 Å². The fraction of sp³-hybridized carbons (Fsp3) is 0.538. The van der Waals surface area contributed by atoms with E-state index in [9.17, 15) is 4.79 Å². The summed E-state index contributed by atoms with van der Waals surface area (Å²) in [6.07, 6.45) is 2.67. The minimum Gasteiger partial charge on any atom is -0.479 e. The van der Waals surface area contributed by atoms with Crippen molar-refractivity contribution in [1.82, 2.24) is 4.98 Å².